The van der Waals surface area contributed by atoms with Gasteiger partial charge < -0.3 is 186 Å². The number of hydrogen-bond acceptors (Lipinski definition) is 32. The number of carbonyl (C=O) groups excluding carboxylic acids is 8. The van der Waals surface area contributed by atoms with Crippen LogP contribution in [0.4, 0.5) is 0 Å². The molecule has 0 spiro atoms. The summed E-state index contributed by atoms with van der Waals surface area (Å²) in [6.07, 6.45) is 4.55. The summed E-state index contributed by atoms with van der Waals surface area (Å²) in [5.74, 6) is -2.48. The minimum absolute atomic E-state index is 0.137. The van der Waals surface area contributed by atoms with Crippen molar-refractivity contribution in [1.82, 2.24) is 42.5 Å². The van der Waals surface area contributed by atoms with Crippen LogP contribution in [0.3, 0.4) is 0 Å². The monoisotopic (exact) mass is 1920 g/mol. The summed E-state index contributed by atoms with van der Waals surface area (Å²) in [5, 5.41) is 96.9. The summed E-state index contributed by atoms with van der Waals surface area (Å²) in [7, 11) is 13.0. The van der Waals surface area contributed by atoms with Gasteiger partial charge in [-0.2, -0.15) is 0 Å². The highest BCUT2D eigenvalue weighted by molar-refractivity contribution is 5.79. The molecule has 46 heteroatoms. The zero-order valence-corrected chi connectivity index (χ0v) is 81.0. The Morgan fingerprint density at radius 1 is 0.159 bits per heavy atom. The van der Waals surface area contributed by atoms with Gasteiger partial charge in [0.1, 0.15) is 52.9 Å². The van der Waals surface area contributed by atoms with E-state index in [0.29, 0.717) is 158 Å². The van der Waals surface area contributed by atoms with Crippen LogP contribution in [0.5, 0.6) is 0 Å². The van der Waals surface area contributed by atoms with E-state index in [9.17, 15) is 38.4 Å². The number of likely N-dealkylation sites (N-methyl/N-ethyl adjacent to an activating group) is 4. The number of nitrogens with one attached hydrogen (secondary N) is 8. The molecule has 0 aromatic rings. The first-order valence-corrected chi connectivity index (χ1v) is 46.9. The van der Waals surface area contributed by atoms with E-state index in [1.165, 1.54) is 0 Å². The van der Waals surface area contributed by atoms with Gasteiger partial charge in [0.15, 0.2) is 0 Å². The minimum Gasteiger partial charge on any atom is -0.394 e. The zero-order chi connectivity index (χ0) is 97.5. The molecule has 0 fully saturated rings. The first kappa shape index (κ1) is 127. The van der Waals surface area contributed by atoms with Crippen LogP contribution in [0.1, 0.15) is 38.5 Å². The van der Waals surface area contributed by atoms with Gasteiger partial charge in [0.05, 0.1) is 424 Å². The number of rotatable bonds is 101. The molecule has 46 nitrogen and oxygen atoms in total. The summed E-state index contributed by atoms with van der Waals surface area (Å²) in [5.41, 5.74) is 0. The molecule has 0 atom stereocenters. The largest absolute Gasteiger partial charge is 0.394 e. The number of hydrogen-bond donors (Lipinski definition) is 16. The van der Waals surface area contributed by atoms with E-state index in [4.69, 9.17) is 117 Å². The molecule has 0 aliphatic carbocycles. The van der Waals surface area contributed by atoms with Crippen LogP contribution >= 0.6 is 0 Å². The Bertz CT molecular complexity index is 2330. The lowest BCUT2D eigenvalue weighted by atomic mass is 10.1. The van der Waals surface area contributed by atoms with E-state index in [0.717, 1.165) is 77.8 Å². The average Bonchev–Trinajstić information content (AvgIpc) is 0.858. The van der Waals surface area contributed by atoms with E-state index in [2.05, 4.69) is 84.8 Å². The van der Waals surface area contributed by atoms with Crippen LogP contribution in [0.2, 0.25) is 0 Å². The van der Waals surface area contributed by atoms with Gasteiger partial charge in [-0.05, 0) is 0 Å². The van der Waals surface area contributed by atoms with E-state index in [1.807, 2.05) is 0 Å². The highest BCUT2D eigenvalue weighted by atomic mass is 16.6. The third-order valence-electron chi connectivity index (χ3n) is 21.7. The zero-order valence-electron chi connectivity index (χ0n) is 81.0. The maximum Gasteiger partial charge on any atom is 0.246 e. The van der Waals surface area contributed by atoms with Crippen molar-refractivity contribution < 1.29 is 182 Å². The topological polar surface area (TPSA) is 542 Å². The van der Waals surface area contributed by atoms with Crippen molar-refractivity contribution in [3.63, 3.8) is 0 Å². The molecule has 0 unspecified atom stereocenters. The fraction of sp³-hybridized carbons (Fsp3) is 0.907. The SMILES string of the molecule is C[N+](CCCC[N+](C)(CCC[N+](C)(CCNC(=O)COCCOCCO)CCNC(=O)COCCOCCO)CCC[N+](C)(CCNC(=O)COCCOCCO)CCNC(=O)COCCOCCO)(CCC[N+](C)(CCNC(=O)COCCOCCO)CCNC(=O)COCCOCCO)CCC[N+](C)(CCNC(=O)COCCOCCO)CCNC(=O)COCCOCCO. The predicted molar refractivity (Wildman–Crippen MR) is 486 cm³/mol. The number of aliphatic hydroxyl groups excluding tert-OH is 8. The molecule has 0 aliphatic rings. The maximum atomic E-state index is 13.2. The van der Waals surface area contributed by atoms with Gasteiger partial charge in [-0.25, -0.2) is 0 Å². The number of quaternary nitrogens is 6. The summed E-state index contributed by atoms with van der Waals surface area (Å²) in [6.45, 7) is 15.2. The minimum atomic E-state index is -0.310. The van der Waals surface area contributed by atoms with Gasteiger partial charge in [-0.15, -0.1) is 0 Å². The van der Waals surface area contributed by atoms with Gasteiger partial charge in [0.25, 0.3) is 0 Å². The van der Waals surface area contributed by atoms with Gasteiger partial charge in [-0.3, -0.25) is 38.4 Å². The highest BCUT2D eigenvalue weighted by Gasteiger charge is 2.33. The Hall–Kier alpha value is -5.44. The fourth-order valence-corrected chi connectivity index (χ4v) is 14.1. The van der Waals surface area contributed by atoms with Crippen molar-refractivity contribution in [3.8, 4) is 0 Å². The molecule has 8 amide bonds. The number of ether oxygens (including phenoxy) is 16. The van der Waals surface area contributed by atoms with E-state index >= 15 is 0 Å². The molecule has 778 valence electrons. The Morgan fingerprint density at radius 2 is 0.265 bits per heavy atom. The highest BCUT2D eigenvalue weighted by Crippen LogP contribution is 2.19. The van der Waals surface area contributed by atoms with Gasteiger partial charge in [0, 0.05) is 38.5 Å². The van der Waals surface area contributed by atoms with Crippen molar-refractivity contribution in [2.45, 2.75) is 38.5 Å². The molecule has 0 saturated carbocycles. The van der Waals surface area contributed by atoms with Crippen LogP contribution in [0, 0.1) is 0 Å². The normalized spacial score (nSPS) is 12.2. The quantitative estimate of drug-likeness (QED) is 0.0199. The summed E-state index contributed by atoms with van der Waals surface area (Å²) >= 11 is 0. The molecule has 0 saturated heterocycles. The van der Waals surface area contributed by atoms with Gasteiger partial charge in [-0.1, -0.05) is 0 Å². The van der Waals surface area contributed by atoms with Gasteiger partial charge >= 0.3 is 0 Å². The molecule has 0 radical (unpaired) electrons. The Labute approximate surface area is 783 Å². The molecule has 0 heterocycles. The van der Waals surface area contributed by atoms with E-state index < -0.39 is 0 Å². The molecule has 0 aromatic carbocycles. The second-order valence-corrected chi connectivity index (χ2v) is 33.8. The number of aliphatic hydroxyl groups is 8. The Morgan fingerprint density at radius 3 is 0.386 bits per heavy atom. The number of unbranched alkanes of at least 4 members (excludes halogenated alkanes) is 1. The standard InChI is InChI=1S/C86H172N14O32/c1-95(23-9-27-97(3,31-13-87-79(109)71-125-63-55-117-47-39-101)32-14-88-80(110)72-126-64-56-118-48-40-102,24-10-28-98(4,33-15-89-81(111)73-127-65-57-119-49-41-103)34-16-90-82(112)74-128-66-58-120-50-42-104)21-7-8-22-96(2,25-11-29-99(5,35-17-91-83(113)75-129-67-59-121-51-43-105)36-18-92-84(114)76-130-68-60-122-52-44-106)26-12-30-100(6,37-19-93-85(115)77-131-69-61-123-53-45-107)38-20-94-86(116)78-132-70-62-124-54-46-108/h101-108H,7-78H2,1-6H3,(H2-6,87,88,89,90,91,92,93,94,109,110,111,112,113,114,115,116)/p+6. The van der Waals surface area contributed by atoms with Crippen molar-refractivity contribution >= 4 is 47.3 Å². The van der Waals surface area contributed by atoms with Crippen molar-refractivity contribution in [2.24, 2.45) is 0 Å². The number of amides is 8. The lowest BCUT2D eigenvalue weighted by molar-refractivity contribution is -0.937. The summed E-state index contributed by atoms with van der Waals surface area (Å²) < 4.78 is 89.9. The van der Waals surface area contributed by atoms with Crippen LogP contribution in [0.25, 0.3) is 0 Å². The number of carbonyl (C=O) groups is 8. The van der Waals surface area contributed by atoms with Gasteiger partial charge in [0.2, 0.25) is 47.3 Å². The first-order valence-electron chi connectivity index (χ1n) is 46.9. The smallest absolute Gasteiger partial charge is 0.246 e. The van der Waals surface area contributed by atoms with Crippen molar-refractivity contribution in [1.29, 1.82) is 0 Å². The maximum absolute atomic E-state index is 13.2. The lowest BCUT2D eigenvalue weighted by Gasteiger charge is -2.41. The second kappa shape index (κ2) is 85.9. The molecule has 0 aliphatic heterocycles. The molecule has 16 N–H and O–H groups in total. The summed E-state index contributed by atoms with van der Waals surface area (Å²) in [4.78, 5) is 105. The molecule has 132 heavy (non-hydrogen) atoms. The molecule has 0 rings (SSSR count). The summed E-state index contributed by atoms with van der Waals surface area (Å²) in [6, 6.07) is 0. The third kappa shape index (κ3) is 78.6. The first-order chi connectivity index (χ1) is 63.7. The molecular formula is C86H178N14O32+6. The van der Waals surface area contributed by atoms with Crippen LogP contribution in [-0.2, 0) is 114 Å². The predicted octanol–water partition coefficient (Wildman–Crippen LogP) is -8.86. The van der Waals surface area contributed by atoms with Crippen molar-refractivity contribution in [2.75, 3.05) is 477 Å². The van der Waals surface area contributed by atoms with Crippen molar-refractivity contribution in [3.05, 3.63) is 0 Å². The lowest BCUT2D eigenvalue weighted by Crippen LogP contribution is -2.56. The number of nitrogens with zero attached hydrogens (tertiary/aromatic N) is 6. The Kier molecular flexibility index (Phi) is 82.4. The third-order valence-corrected chi connectivity index (χ3v) is 21.7. The van der Waals surface area contributed by atoms with E-state index in [1.54, 1.807) is 0 Å². The van der Waals surface area contributed by atoms with Crippen LogP contribution in [-0.4, -0.2) is 592 Å². The van der Waals surface area contributed by atoms with Crippen LogP contribution in [0.15, 0.2) is 0 Å². The average molecular weight is 1920 g/mol. The molecule has 0 aromatic heterocycles. The second-order valence-electron chi connectivity index (χ2n) is 33.8. The van der Waals surface area contributed by atoms with E-state index in [-0.39, 0.29) is 312 Å². The molecule has 0 bridgehead atoms. The van der Waals surface area contributed by atoms with Crippen LogP contribution < -0.4 is 42.5 Å². The Balaban J connectivity index is 7.98. The molecular weight excluding hydrogens is 1740 g/mol. The fourth-order valence-electron chi connectivity index (χ4n) is 14.1.